The topological polar surface area (TPSA) is 72.5 Å². The number of esters is 1. The summed E-state index contributed by atoms with van der Waals surface area (Å²) in [5.41, 5.74) is 1.29. The van der Waals surface area contributed by atoms with E-state index >= 15 is 0 Å². The number of carbonyl (C=O) groups is 1. The second-order valence-corrected chi connectivity index (χ2v) is 7.35. The van der Waals surface area contributed by atoms with E-state index in [0.717, 1.165) is 12.0 Å². The summed E-state index contributed by atoms with van der Waals surface area (Å²) in [5, 5.41) is 0.671. The molecule has 2 aromatic rings. The van der Waals surface area contributed by atoms with E-state index in [1.165, 1.54) is 31.4 Å². The van der Waals surface area contributed by atoms with Crippen molar-refractivity contribution in [1.82, 2.24) is 4.72 Å². The smallest absolute Gasteiger partial charge is 0.337 e. The number of sulfonamides is 1. The molecule has 0 heterocycles. The minimum absolute atomic E-state index is 0.0388. The fraction of sp³-hybridized carbons (Fsp3) is 0.235. The van der Waals surface area contributed by atoms with Gasteiger partial charge in [0, 0.05) is 11.6 Å². The summed E-state index contributed by atoms with van der Waals surface area (Å²) in [6.45, 7) is 0.299. The molecule has 0 fully saturated rings. The van der Waals surface area contributed by atoms with Gasteiger partial charge in [-0.15, -0.1) is 0 Å². The number of ether oxygens (including phenoxy) is 1. The van der Waals surface area contributed by atoms with Crippen LogP contribution in [-0.4, -0.2) is 28.0 Å². The molecule has 0 amide bonds. The molecule has 7 heteroatoms. The van der Waals surface area contributed by atoms with Crippen LogP contribution >= 0.6 is 11.6 Å². The predicted octanol–water partition coefficient (Wildman–Crippen LogP) is 3.04. The quantitative estimate of drug-likeness (QED) is 0.603. The number of carbonyl (C=O) groups excluding carboxylic acids is 1. The minimum Gasteiger partial charge on any atom is -0.465 e. The van der Waals surface area contributed by atoms with Crippen molar-refractivity contribution in [2.24, 2.45) is 0 Å². The number of methoxy groups -OCH3 is 1. The Morgan fingerprint density at radius 3 is 2.54 bits per heavy atom. The lowest BCUT2D eigenvalue weighted by Crippen LogP contribution is -2.25. The van der Waals surface area contributed by atoms with Gasteiger partial charge in [-0.05, 0) is 48.7 Å². The van der Waals surface area contributed by atoms with Crippen molar-refractivity contribution in [3.05, 3.63) is 64.7 Å². The lowest BCUT2D eigenvalue weighted by molar-refractivity contribution is 0.0600. The highest BCUT2D eigenvalue weighted by atomic mass is 35.5. The second-order valence-electron chi connectivity index (χ2n) is 5.15. The summed E-state index contributed by atoms with van der Waals surface area (Å²) in [7, 11) is -2.42. The minimum atomic E-state index is -3.66. The zero-order valence-corrected chi connectivity index (χ0v) is 14.7. The van der Waals surface area contributed by atoms with E-state index in [0.29, 0.717) is 18.0 Å². The molecule has 0 atom stereocenters. The van der Waals surface area contributed by atoms with Crippen LogP contribution in [0.25, 0.3) is 0 Å². The highest BCUT2D eigenvalue weighted by molar-refractivity contribution is 7.89. The van der Waals surface area contributed by atoms with Gasteiger partial charge in [-0.2, -0.15) is 0 Å². The molecular weight excluding hydrogens is 350 g/mol. The van der Waals surface area contributed by atoms with Crippen molar-refractivity contribution >= 4 is 27.6 Å². The molecular formula is C17H18ClNO4S. The maximum absolute atomic E-state index is 12.3. The number of hydrogen-bond acceptors (Lipinski definition) is 4. The molecule has 0 aliphatic carbocycles. The van der Waals surface area contributed by atoms with Gasteiger partial charge >= 0.3 is 5.97 Å². The summed E-state index contributed by atoms with van der Waals surface area (Å²) >= 11 is 5.82. The highest BCUT2D eigenvalue weighted by Gasteiger charge is 2.15. The van der Waals surface area contributed by atoms with Crippen LogP contribution in [0.1, 0.15) is 22.3 Å². The third kappa shape index (κ3) is 5.06. The van der Waals surface area contributed by atoms with Crippen LogP contribution in [0.2, 0.25) is 5.02 Å². The Bertz CT molecular complexity index is 804. The van der Waals surface area contributed by atoms with Crippen molar-refractivity contribution in [3.63, 3.8) is 0 Å². The molecule has 0 saturated carbocycles. The number of halogens is 1. The lowest BCUT2D eigenvalue weighted by atomic mass is 10.1. The van der Waals surface area contributed by atoms with E-state index < -0.39 is 16.0 Å². The molecule has 0 radical (unpaired) electrons. The summed E-state index contributed by atoms with van der Waals surface area (Å²) in [6.07, 6.45) is 1.39. The average molecular weight is 368 g/mol. The number of aryl methyl sites for hydroxylation is 1. The summed E-state index contributed by atoms with van der Waals surface area (Å²) in [5.74, 6) is -0.574. The molecule has 0 spiro atoms. The van der Waals surface area contributed by atoms with Crippen LogP contribution in [0, 0.1) is 0 Å². The average Bonchev–Trinajstić information content (AvgIpc) is 2.59. The fourth-order valence-electron chi connectivity index (χ4n) is 2.14. The van der Waals surface area contributed by atoms with E-state index in [4.69, 9.17) is 11.6 Å². The zero-order valence-electron chi connectivity index (χ0n) is 13.2. The highest BCUT2D eigenvalue weighted by Crippen LogP contribution is 2.13. The molecule has 0 unspecified atom stereocenters. The van der Waals surface area contributed by atoms with Gasteiger partial charge < -0.3 is 4.74 Å². The van der Waals surface area contributed by atoms with E-state index in [-0.39, 0.29) is 10.5 Å². The normalized spacial score (nSPS) is 11.2. The molecule has 1 N–H and O–H groups in total. The third-order valence-electron chi connectivity index (χ3n) is 3.41. The number of benzene rings is 2. The first kappa shape index (κ1) is 18.4. The Hall–Kier alpha value is -1.89. The van der Waals surface area contributed by atoms with Crippen LogP contribution in [0.5, 0.6) is 0 Å². The number of nitrogens with one attached hydrogen (secondary N) is 1. The van der Waals surface area contributed by atoms with Gasteiger partial charge in [0.15, 0.2) is 0 Å². The standard InChI is InChI=1S/C17H18ClNO4S/c1-23-17(20)14-5-2-6-16(12-14)24(21,22)19-11-3-4-13-7-9-15(18)10-8-13/h2,5-10,12,19H,3-4,11H2,1H3. The van der Waals surface area contributed by atoms with E-state index in [1.807, 2.05) is 12.1 Å². The lowest BCUT2D eigenvalue weighted by Gasteiger charge is -2.08. The van der Waals surface area contributed by atoms with E-state index in [1.54, 1.807) is 12.1 Å². The Morgan fingerprint density at radius 1 is 1.17 bits per heavy atom. The van der Waals surface area contributed by atoms with Crippen LogP contribution in [0.3, 0.4) is 0 Å². The Morgan fingerprint density at radius 2 is 1.88 bits per heavy atom. The fourth-order valence-corrected chi connectivity index (χ4v) is 3.39. The molecule has 24 heavy (non-hydrogen) atoms. The molecule has 0 saturated heterocycles. The Labute approximate surface area is 146 Å². The van der Waals surface area contributed by atoms with Gasteiger partial charge in [0.2, 0.25) is 10.0 Å². The van der Waals surface area contributed by atoms with Crippen molar-refractivity contribution in [3.8, 4) is 0 Å². The molecule has 0 aromatic heterocycles. The predicted molar refractivity (Wildman–Crippen MR) is 92.7 cm³/mol. The first-order valence-electron chi connectivity index (χ1n) is 7.35. The first-order chi connectivity index (χ1) is 11.4. The molecule has 0 aliphatic heterocycles. The maximum atomic E-state index is 12.3. The first-order valence-corrected chi connectivity index (χ1v) is 9.21. The van der Waals surface area contributed by atoms with Gasteiger partial charge in [0.1, 0.15) is 0 Å². The Balaban J connectivity index is 1.93. The third-order valence-corrected chi connectivity index (χ3v) is 5.12. The SMILES string of the molecule is COC(=O)c1cccc(S(=O)(=O)NCCCc2ccc(Cl)cc2)c1. The summed E-state index contributed by atoms with van der Waals surface area (Å²) < 4.78 is 31.7. The second kappa shape index (κ2) is 8.28. The largest absolute Gasteiger partial charge is 0.465 e. The molecule has 0 aliphatic rings. The zero-order chi connectivity index (χ0) is 17.6. The molecule has 128 valence electrons. The Kier molecular flexibility index (Phi) is 6.36. The van der Waals surface area contributed by atoms with Crippen molar-refractivity contribution in [2.75, 3.05) is 13.7 Å². The molecule has 5 nitrogen and oxygen atoms in total. The van der Waals surface area contributed by atoms with Crippen LogP contribution < -0.4 is 4.72 Å². The van der Waals surface area contributed by atoms with Gasteiger partial charge in [-0.25, -0.2) is 17.9 Å². The van der Waals surface area contributed by atoms with E-state index in [9.17, 15) is 13.2 Å². The van der Waals surface area contributed by atoms with Crippen LogP contribution in [-0.2, 0) is 21.2 Å². The summed E-state index contributed by atoms with van der Waals surface area (Å²) in [4.78, 5) is 11.5. The van der Waals surface area contributed by atoms with Crippen molar-refractivity contribution in [2.45, 2.75) is 17.7 Å². The van der Waals surface area contributed by atoms with Gasteiger partial charge in [0.25, 0.3) is 0 Å². The molecule has 2 aromatic carbocycles. The van der Waals surface area contributed by atoms with Crippen LogP contribution in [0.4, 0.5) is 0 Å². The van der Waals surface area contributed by atoms with Gasteiger partial charge in [-0.1, -0.05) is 29.8 Å². The molecule has 0 bridgehead atoms. The van der Waals surface area contributed by atoms with Gasteiger partial charge in [0.05, 0.1) is 17.6 Å². The summed E-state index contributed by atoms with van der Waals surface area (Å²) in [6, 6.07) is 13.2. The van der Waals surface area contributed by atoms with Crippen molar-refractivity contribution < 1.29 is 17.9 Å². The van der Waals surface area contributed by atoms with E-state index in [2.05, 4.69) is 9.46 Å². The molecule has 2 rings (SSSR count). The number of rotatable bonds is 7. The van der Waals surface area contributed by atoms with Crippen LogP contribution in [0.15, 0.2) is 53.4 Å². The van der Waals surface area contributed by atoms with Crippen molar-refractivity contribution in [1.29, 1.82) is 0 Å². The van der Waals surface area contributed by atoms with Gasteiger partial charge in [-0.3, -0.25) is 0 Å². The maximum Gasteiger partial charge on any atom is 0.337 e. The monoisotopic (exact) mass is 367 g/mol. The number of hydrogen-bond donors (Lipinski definition) is 1.